The van der Waals surface area contributed by atoms with E-state index >= 15 is 0 Å². The number of carbonyl (C=O) groups excluding carboxylic acids is 2. The van der Waals surface area contributed by atoms with Gasteiger partial charge >= 0.3 is 0 Å². The predicted molar refractivity (Wildman–Crippen MR) is 73.8 cm³/mol. The number of nitrogens with zero attached hydrogens (tertiary/aromatic N) is 3. The molecule has 2 aliphatic rings. The van der Waals surface area contributed by atoms with Crippen LogP contribution in [0, 0.1) is 0 Å². The van der Waals surface area contributed by atoms with Gasteiger partial charge in [0.1, 0.15) is 18.4 Å². The van der Waals surface area contributed by atoms with Crippen LogP contribution in [0.15, 0.2) is 12.1 Å². The standard InChI is InChI=1S/C13H15ClN4O2/c14-8-3-4-11(15)16-9(8)6-17-7-12(19)18-5-1-2-10(18)13(17)20/h3-4,10H,1-2,5-7H2,(H2,15,16). The maximum absolute atomic E-state index is 12.4. The second-order valence-corrected chi connectivity index (χ2v) is 5.51. The molecule has 6 nitrogen and oxygen atoms in total. The van der Waals surface area contributed by atoms with Crippen LogP contribution >= 0.6 is 11.6 Å². The van der Waals surface area contributed by atoms with Gasteiger partial charge in [-0.05, 0) is 25.0 Å². The minimum absolute atomic E-state index is 0.00729. The zero-order chi connectivity index (χ0) is 14.3. The molecule has 20 heavy (non-hydrogen) atoms. The molecule has 3 rings (SSSR count). The van der Waals surface area contributed by atoms with Crippen LogP contribution in [0.3, 0.4) is 0 Å². The SMILES string of the molecule is Nc1ccc(Cl)c(CN2CC(=O)N3CCCC3C2=O)n1. The highest BCUT2D eigenvalue weighted by Gasteiger charge is 2.41. The molecule has 2 saturated heterocycles. The average Bonchev–Trinajstić information content (AvgIpc) is 2.90. The fourth-order valence-electron chi connectivity index (χ4n) is 2.79. The number of anilines is 1. The van der Waals surface area contributed by atoms with Crippen molar-refractivity contribution in [3.63, 3.8) is 0 Å². The van der Waals surface area contributed by atoms with E-state index in [1.165, 1.54) is 4.90 Å². The normalized spacial score (nSPS) is 22.4. The van der Waals surface area contributed by atoms with Crippen molar-refractivity contribution in [2.45, 2.75) is 25.4 Å². The predicted octanol–water partition coefficient (Wildman–Crippen LogP) is 0.650. The first-order valence-corrected chi connectivity index (χ1v) is 6.93. The summed E-state index contributed by atoms with van der Waals surface area (Å²) in [5.74, 6) is 0.317. The van der Waals surface area contributed by atoms with Crippen molar-refractivity contribution in [3.8, 4) is 0 Å². The highest BCUT2D eigenvalue weighted by atomic mass is 35.5. The summed E-state index contributed by atoms with van der Waals surface area (Å²) in [5.41, 5.74) is 6.16. The number of fused-ring (bicyclic) bond motifs is 1. The number of piperazine rings is 1. The zero-order valence-electron chi connectivity index (χ0n) is 10.9. The lowest BCUT2D eigenvalue weighted by molar-refractivity contribution is -0.154. The molecule has 2 fully saturated rings. The highest BCUT2D eigenvalue weighted by molar-refractivity contribution is 6.31. The summed E-state index contributed by atoms with van der Waals surface area (Å²) >= 11 is 6.06. The van der Waals surface area contributed by atoms with Gasteiger partial charge in [0, 0.05) is 6.54 Å². The average molecular weight is 295 g/mol. The quantitative estimate of drug-likeness (QED) is 0.868. The number of rotatable bonds is 2. The first kappa shape index (κ1) is 13.2. The van der Waals surface area contributed by atoms with E-state index in [0.29, 0.717) is 23.1 Å². The Hall–Kier alpha value is -1.82. The number of nitrogen functional groups attached to an aromatic ring is 1. The fraction of sp³-hybridized carbons (Fsp3) is 0.462. The molecule has 0 aromatic carbocycles. The number of hydrogen-bond acceptors (Lipinski definition) is 4. The topological polar surface area (TPSA) is 79.5 Å². The lowest BCUT2D eigenvalue weighted by Crippen LogP contribution is -2.56. The van der Waals surface area contributed by atoms with Crippen LogP contribution in [-0.2, 0) is 16.1 Å². The molecule has 1 aromatic heterocycles. The second-order valence-electron chi connectivity index (χ2n) is 5.10. The third kappa shape index (κ3) is 2.20. The van der Waals surface area contributed by atoms with Crippen LogP contribution in [0.1, 0.15) is 18.5 Å². The van der Waals surface area contributed by atoms with Gasteiger partial charge in [-0.25, -0.2) is 4.98 Å². The number of aromatic nitrogens is 1. The monoisotopic (exact) mass is 294 g/mol. The van der Waals surface area contributed by atoms with Crippen molar-refractivity contribution >= 4 is 29.2 Å². The van der Waals surface area contributed by atoms with Crippen molar-refractivity contribution in [3.05, 3.63) is 22.8 Å². The maximum Gasteiger partial charge on any atom is 0.246 e. The summed E-state index contributed by atoms with van der Waals surface area (Å²) in [6.07, 6.45) is 1.62. The maximum atomic E-state index is 12.4. The smallest absolute Gasteiger partial charge is 0.246 e. The van der Waals surface area contributed by atoms with Crippen LogP contribution < -0.4 is 5.73 Å². The Labute approximate surface area is 121 Å². The molecule has 2 N–H and O–H groups in total. The number of nitrogens with two attached hydrogens (primary N) is 1. The Morgan fingerprint density at radius 3 is 3.00 bits per heavy atom. The molecule has 0 radical (unpaired) electrons. The molecule has 2 aliphatic heterocycles. The molecule has 3 heterocycles. The van der Waals surface area contributed by atoms with Crippen LogP contribution in [-0.4, -0.2) is 45.7 Å². The van der Waals surface area contributed by atoms with Gasteiger partial charge in [-0.2, -0.15) is 0 Å². The molecule has 2 amide bonds. The van der Waals surface area contributed by atoms with Crippen LogP contribution in [0.25, 0.3) is 0 Å². The second kappa shape index (κ2) is 4.94. The van der Waals surface area contributed by atoms with Gasteiger partial charge in [-0.15, -0.1) is 0 Å². The number of halogens is 1. The van der Waals surface area contributed by atoms with E-state index in [1.807, 2.05) is 0 Å². The van der Waals surface area contributed by atoms with Crippen molar-refractivity contribution in [1.29, 1.82) is 0 Å². The lowest BCUT2D eigenvalue weighted by atomic mass is 10.1. The van der Waals surface area contributed by atoms with Crippen molar-refractivity contribution in [2.75, 3.05) is 18.8 Å². The third-order valence-electron chi connectivity index (χ3n) is 3.78. The number of amides is 2. The van der Waals surface area contributed by atoms with Gasteiger partial charge in [-0.3, -0.25) is 9.59 Å². The molecule has 106 valence electrons. The Morgan fingerprint density at radius 1 is 1.40 bits per heavy atom. The van der Waals surface area contributed by atoms with Gasteiger partial charge in [0.05, 0.1) is 17.3 Å². The highest BCUT2D eigenvalue weighted by Crippen LogP contribution is 2.25. The molecular weight excluding hydrogens is 280 g/mol. The van der Waals surface area contributed by atoms with E-state index < -0.39 is 0 Å². The van der Waals surface area contributed by atoms with Gasteiger partial charge in [-0.1, -0.05) is 11.6 Å². The van der Waals surface area contributed by atoms with E-state index in [9.17, 15) is 9.59 Å². The van der Waals surface area contributed by atoms with Crippen LogP contribution in [0.4, 0.5) is 5.82 Å². The molecular formula is C13H15ClN4O2. The van der Waals surface area contributed by atoms with Gasteiger partial charge in [0.2, 0.25) is 11.8 Å². The van der Waals surface area contributed by atoms with Crippen molar-refractivity contribution in [2.24, 2.45) is 0 Å². The first-order valence-electron chi connectivity index (χ1n) is 6.55. The Morgan fingerprint density at radius 2 is 2.20 bits per heavy atom. The van der Waals surface area contributed by atoms with E-state index in [2.05, 4.69) is 4.98 Å². The molecule has 1 aromatic rings. The first-order chi connectivity index (χ1) is 9.56. The molecule has 1 atom stereocenters. The minimum Gasteiger partial charge on any atom is -0.384 e. The van der Waals surface area contributed by atoms with E-state index in [0.717, 1.165) is 12.8 Å². The third-order valence-corrected chi connectivity index (χ3v) is 4.12. The number of hydrogen-bond donors (Lipinski definition) is 1. The Balaban J connectivity index is 1.82. The molecule has 0 saturated carbocycles. The minimum atomic E-state index is -0.309. The molecule has 0 aliphatic carbocycles. The Kier molecular flexibility index (Phi) is 3.25. The van der Waals surface area contributed by atoms with Gasteiger partial charge in [0.25, 0.3) is 0 Å². The number of carbonyl (C=O) groups is 2. The molecule has 0 spiro atoms. The summed E-state index contributed by atoms with van der Waals surface area (Å²) in [6, 6.07) is 2.95. The number of pyridine rings is 1. The Bertz CT molecular complexity index is 577. The zero-order valence-corrected chi connectivity index (χ0v) is 11.6. The molecule has 7 heteroatoms. The van der Waals surface area contributed by atoms with Crippen LogP contribution in [0.2, 0.25) is 5.02 Å². The summed E-state index contributed by atoms with van der Waals surface area (Å²) in [4.78, 5) is 31.7. The van der Waals surface area contributed by atoms with Gasteiger partial charge < -0.3 is 15.5 Å². The summed E-state index contributed by atoms with van der Waals surface area (Å²) in [7, 11) is 0. The summed E-state index contributed by atoms with van der Waals surface area (Å²) in [6.45, 7) is 0.987. The molecule has 0 bridgehead atoms. The van der Waals surface area contributed by atoms with E-state index in [-0.39, 0.29) is 30.9 Å². The molecule has 1 unspecified atom stereocenters. The van der Waals surface area contributed by atoms with Crippen molar-refractivity contribution < 1.29 is 9.59 Å². The summed E-state index contributed by atoms with van der Waals surface area (Å²) in [5, 5.41) is 0.452. The fourth-order valence-corrected chi connectivity index (χ4v) is 2.96. The largest absolute Gasteiger partial charge is 0.384 e. The lowest BCUT2D eigenvalue weighted by Gasteiger charge is -2.36. The van der Waals surface area contributed by atoms with Gasteiger partial charge in [0.15, 0.2) is 0 Å². The van der Waals surface area contributed by atoms with E-state index in [4.69, 9.17) is 17.3 Å². The van der Waals surface area contributed by atoms with Crippen LogP contribution in [0.5, 0.6) is 0 Å². The summed E-state index contributed by atoms with van der Waals surface area (Å²) < 4.78 is 0. The van der Waals surface area contributed by atoms with E-state index in [1.54, 1.807) is 17.0 Å². The van der Waals surface area contributed by atoms with Crippen molar-refractivity contribution in [1.82, 2.24) is 14.8 Å².